The highest BCUT2D eigenvalue weighted by Crippen LogP contribution is 2.20. The highest BCUT2D eigenvalue weighted by Gasteiger charge is 2.21. The number of carbonyl (C=O) groups excluding carboxylic acids is 2. The van der Waals surface area contributed by atoms with Crippen LogP contribution in [-0.4, -0.2) is 71.2 Å². The first-order chi connectivity index (χ1) is 31.0. The Labute approximate surface area is 387 Å². The van der Waals surface area contributed by atoms with Crippen LogP contribution in [0.2, 0.25) is 0 Å². The van der Waals surface area contributed by atoms with Crippen LogP contribution in [-0.2, 0) is 25.6 Å². The number of allylic oxidation sites excluding steroid dienone is 8. The topological polar surface area (TPSA) is 93.9 Å². The van der Waals surface area contributed by atoms with Crippen LogP contribution in [0.25, 0.3) is 0 Å². The summed E-state index contributed by atoms with van der Waals surface area (Å²) in [6, 6.07) is 1.95. The maximum absolute atomic E-state index is 12.4. The molecule has 0 aliphatic rings. The molecule has 0 saturated heterocycles. The van der Waals surface area contributed by atoms with Crippen molar-refractivity contribution in [1.82, 2.24) is 14.7 Å². The maximum Gasteiger partial charge on any atom is 0.305 e. The summed E-state index contributed by atoms with van der Waals surface area (Å²) in [4.78, 5) is 27.0. The Balaban J connectivity index is 2.19. The average Bonchev–Trinajstić information content (AvgIpc) is 3.80. The molecule has 63 heavy (non-hydrogen) atoms. The molecule has 0 amide bonds. The summed E-state index contributed by atoms with van der Waals surface area (Å²) in [6.07, 6.45) is 55.7. The lowest BCUT2D eigenvalue weighted by atomic mass is 9.91. The number of aliphatic hydroxyl groups is 1. The van der Waals surface area contributed by atoms with Gasteiger partial charge in [0.25, 0.3) is 0 Å². The van der Waals surface area contributed by atoms with Crippen LogP contribution in [0.5, 0.6) is 0 Å². The van der Waals surface area contributed by atoms with E-state index in [1.807, 2.05) is 23.1 Å². The molecular weight excluding hydrogens is 783 g/mol. The van der Waals surface area contributed by atoms with Gasteiger partial charge in [0.05, 0.1) is 19.3 Å². The molecule has 362 valence electrons. The van der Waals surface area contributed by atoms with E-state index in [4.69, 9.17) is 9.47 Å². The van der Waals surface area contributed by atoms with E-state index in [1.54, 1.807) is 0 Å². The molecule has 0 saturated carbocycles. The average molecular weight is 880 g/mol. The van der Waals surface area contributed by atoms with Crippen LogP contribution in [0.3, 0.4) is 0 Å². The number of hydrogen-bond acceptors (Lipinski definition) is 7. The van der Waals surface area contributed by atoms with Gasteiger partial charge in [0, 0.05) is 38.3 Å². The molecule has 1 rings (SSSR count). The van der Waals surface area contributed by atoms with Crippen molar-refractivity contribution in [3.8, 4) is 0 Å². The van der Waals surface area contributed by atoms with Gasteiger partial charge in [0.15, 0.2) is 0 Å². The van der Waals surface area contributed by atoms with E-state index in [0.717, 1.165) is 122 Å². The lowest BCUT2D eigenvalue weighted by molar-refractivity contribution is -0.144. The molecule has 1 heterocycles. The minimum atomic E-state index is -0.389. The summed E-state index contributed by atoms with van der Waals surface area (Å²) >= 11 is 0. The Hall–Kier alpha value is -2.97. The van der Waals surface area contributed by atoms with E-state index in [9.17, 15) is 14.7 Å². The summed E-state index contributed by atoms with van der Waals surface area (Å²) in [5.41, 5.74) is 0. The maximum atomic E-state index is 12.4. The minimum absolute atomic E-state index is 0.0800. The van der Waals surface area contributed by atoms with E-state index in [2.05, 4.69) is 79.5 Å². The van der Waals surface area contributed by atoms with Gasteiger partial charge in [-0.15, -0.1) is 0 Å². The Bertz CT molecular complexity index is 1260. The van der Waals surface area contributed by atoms with Crippen molar-refractivity contribution >= 4 is 11.9 Å². The van der Waals surface area contributed by atoms with E-state index >= 15 is 0 Å². The molecule has 0 aliphatic heterocycles. The van der Waals surface area contributed by atoms with Crippen molar-refractivity contribution in [2.75, 3.05) is 33.4 Å². The lowest BCUT2D eigenvalue weighted by Gasteiger charge is -2.28. The molecule has 0 aromatic carbocycles. The fourth-order valence-corrected chi connectivity index (χ4v) is 7.89. The van der Waals surface area contributed by atoms with E-state index in [-0.39, 0.29) is 24.0 Å². The fourth-order valence-electron chi connectivity index (χ4n) is 7.89. The van der Waals surface area contributed by atoms with Crippen LogP contribution in [0.4, 0.5) is 0 Å². The summed E-state index contributed by atoms with van der Waals surface area (Å²) in [5.74, 6) is -0.00496. The first kappa shape index (κ1) is 58.0. The number of aromatic nitrogens is 2. The highest BCUT2D eigenvalue weighted by atomic mass is 16.5. The second-order valence-corrected chi connectivity index (χ2v) is 18.0. The van der Waals surface area contributed by atoms with Gasteiger partial charge in [-0.25, -0.2) is 0 Å². The van der Waals surface area contributed by atoms with Crippen molar-refractivity contribution in [3.05, 3.63) is 67.1 Å². The number of hydrogen-bond donors (Lipinski definition) is 1. The molecule has 2 unspecified atom stereocenters. The van der Waals surface area contributed by atoms with Crippen molar-refractivity contribution in [1.29, 1.82) is 0 Å². The molecule has 8 heteroatoms. The second-order valence-electron chi connectivity index (χ2n) is 18.0. The quantitative estimate of drug-likeness (QED) is 0.0396. The predicted molar refractivity (Wildman–Crippen MR) is 267 cm³/mol. The summed E-state index contributed by atoms with van der Waals surface area (Å²) in [5, 5.41) is 15.6. The molecule has 2 atom stereocenters. The fraction of sp³-hybridized carbons (Fsp3) is 0.764. The molecular formula is C55H97N3O5. The van der Waals surface area contributed by atoms with E-state index < -0.39 is 0 Å². The zero-order valence-corrected chi connectivity index (χ0v) is 41.1. The number of ether oxygens (including phenoxy) is 2. The summed E-state index contributed by atoms with van der Waals surface area (Å²) < 4.78 is 13.1. The molecule has 0 bridgehead atoms. The number of unbranched alkanes of at least 4 members (excludes halogenated alkanes) is 19. The number of aliphatic hydroxyl groups excluding tert-OH is 1. The number of nitrogens with zero attached hydrogens (tertiary/aromatic N) is 3. The molecule has 1 aromatic heterocycles. The third-order valence-corrected chi connectivity index (χ3v) is 11.9. The normalized spacial score (nSPS) is 13.1. The lowest BCUT2D eigenvalue weighted by Crippen LogP contribution is -2.34. The number of rotatable bonds is 46. The van der Waals surface area contributed by atoms with Crippen LogP contribution in [0.1, 0.15) is 219 Å². The Morgan fingerprint density at radius 1 is 0.587 bits per heavy atom. The van der Waals surface area contributed by atoms with Crippen LogP contribution in [0, 0.1) is 5.92 Å². The molecule has 1 aromatic rings. The van der Waals surface area contributed by atoms with Gasteiger partial charge in [-0.05, 0) is 148 Å². The van der Waals surface area contributed by atoms with Gasteiger partial charge < -0.3 is 19.5 Å². The Kier molecular flexibility index (Phi) is 42.0. The third-order valence-electron chi connectivity index (χ3n) is 11.9. The van der Waals surface area contributed by atoms with Gasteiger partial charge in [0.1, 0.15) is 0 Å². The molecule has 0 spiro atoms. The molecule has 0 radical (unpaired) electrons. The van der Waals surface area contributed by atoms with Gasteiger partial charge in [-0.3, -0.25) is 14.3 Å². The molecule has 8 nitrogen and oxygen atoms in total. The van der Waals surface area contributed by atoms with Crippen molar-refractivity contribution < 1.29 is 24.2 Å². The number of aryl methyl sites for hydroxylation is 1. The zero-order chi connectivity index (χ0) is 45.5. The van der Waals surface area contributed by atoms with Crippen LogP contribution < -0.4 is 0 Å². The largest absolute Gasteiger partial charge is 0.466 e. The molecule has 0 fully saturated rings. The monoisotopic (exact) mass is 880 g/mol. The van der Waals surface area contributed by atoms with E-state index in [1.165, 1.54) is 89.9 Å². The zero-order valence-electron chi connectivity index (χ0n) is 41.1. The third kappa shape index (κ3) is 40.3. The second kappa shape index (κ2) is 45.6. The predicted octanol–water partition coefficient (Wildman–Crippen LogP) is 14.6. The number of esters is 2. The van der Waals surface area contributed by atoms with Crippen molar-refractivity contribution in [2.24, 2.45) is 5.92 Å². The van der Waals surface area contributed by atoms with Crippen molar-refractivity contribution in [2.45, 2.75) is 232 Å². The standard InChI is InChI=1S/C55H97N3O5/c1-4-6-8-10-12-14-16-18-20-22-24-26-28-30-34-43-54(60)62-49-37-32-33-42-53(59)52(51-57(3)46-40-48-58-47-39-45-56-58)41-36-38-50-63-55(61)44-35-31-29-27-25-23-21-19-17-15-13-11-9-7-5-2/h12-15,18-21,39,45,47,52-53,59H,4-11,16-17,22-38,40-44,46,48-51H2,1-3H3/b14-12-,15-13-,20-18-,21-19-. The van der Waals surface area contributed by atoms with Gasteiger partial charge in [-0.2, -0.15) is 5.10 Å². The SMILES string of the molecule is CCCCC/C=C\C/C=C\CCCCCCCC(=O)OCCCCCC(O)C(CCCCOC(=O)CCCCCCC/C=C\C/C=C\CCCCC)CN(C)CCCn1cccn1. The van der Waals surface area contributed by atoms with Crippen LogP contribution >= 0.6 is 0 Å². The van der Waals surface area contributed by atoms with Gasteiger partial charge in [-0.1, -0.05) is 133 Å². The smallest absolute Gasteiger partial charge is 0.305 e. The van der Waals surface area contributed by atoms with Gasteiger partial charge >= 0.3 is 11.9 Å². The summed E-state index contributed by atoms with van der Waals surface area (Å²) in [6.45, 7) is 8.06. The molecule has 0 aliphatic carbocycles. The first-order valence-corrected chi connectivity index (χ1v) is 26.2. The Morgan fingerprint density at radius 3 is 1.56 bits per heavy atom. The minimum Gasteiger partial charge on any atom is -0.466 e. The van der Waals surface area contributed by atoms with Gasteiger partial charge in [0.2, 0.25) is 0 Å². The van der Waals surface area contributed by atoms with Crippen LogP contribution in [0.15, 0.2) is 67.1 Å². The first-order valence-electron chi connectivity index (χ1n) is 26.2. The molecule has 1 N–H and O–H groups in total. The highest BCUT2D eigenvalue weighted by molar-refractivity contribution is 5.69. The Morgan fingerprint density at radius 2 is 1.05 bits per heavy atom. The number of carbonyl (C=O) groups is 2. The summed E-state index contributed by atoms with van der Waals surface area (Å²) in [7, 11) is 2.14. The van der Waals surface area contributed by atoms with Crippen molar-refractivity contribution in [3.63, 3.8) is 0 Å². The van der Waals surface area contributed by atoms with E-state index in [0.29, 0.717) is 26.1 Å².